The van der Waals surface area contributed by atoms with Crippen LogP contribution in [0, 0.1) is 5.92 Å². The van der Waals surface area contributed by atoms with Crippen LogP contribution in [0.5, 0.6) is 0 Å². The van der Waals surface area contributed by atoms with Crippen molar-refractivity contribution >= 4 is 19.7 Å². The van der Waals surface area contributed by atoms with Gasteiger partial charge in [0, 0.05) is 16.6 Å². The second-order valence-corrected chi connectivity index (χ2v) is 6.42. The number of hydrogen-bond acceptors (Lipinski definition) is 4. The molecular formula is C8H12ClN3O2S. The molecule has 0 bridgehead atoms. The number of H-pyrrole nitrogens is 1. The quantitative estimate of drug-likeness (QED) is 0.809. The summed E-state index contributed by atoms with van der Waals surface area (Å²) in [5, 5.41) is 5.95. The van der Waals surface area contributed by atoms with Gasteiger partial charge in [0.2, 0.25) is 0 Å². The maximum Gasteiger partial charge on any atom is 0.298 e. The Morgan fingerprint density at radius 2 is 2.20 bits per heavy atom. The number of aromatic nitrogens is 3. The summed E-state index contributed by atoms with van der Waals surface area (Å²) >= 11 is 0. The predicted octanol–water partition coefficient (Wildman–Crippen LogP) is 1.64. The zero-order chi connectivity index (χ0) is 11.1. The first-order chi connectivity index (χ1) is 6.98. The molecule has 1 saturated carbocycles. The summed E-state index contributed by atoms with van der Waals surface area (Å²) < 4.78 is 21.9. The molecular weight excluding hydrogens is 238 g/mol. The molecule has 0 spiro atoms. The fraction of sp³-hybridized carbons (Fsp3) is 0.750. The molecule has 1 aromatic rings. The van der Waals surface area contributed by atoms with E-state index in [9.17, 15) is 8.42 Å². The van der Waals surface area contributed by atoms with Crippen LogP contribution in [-0.2, 0) is 9.05 Å². The first kappa shape index (κ1) is 10.9. The summed E-state index contributed by atoms with van der Waals surface area (Å²) in [6.07, 6.45) is 3.32. The molecule has 15 heavy (non-hydrogen) atoms. The smallest absolute Gasteiger partial charge is 0.262 e. The van der Waals surface area contributed by atoms with Gasteiger partial charge in [0.25, 0.3) is 14.2 Å². The van der Waals surface area contributed by atoms with Gasteiger partial charge in [0.1, 0.15) is 5.82 Å². The van der Waals surface area contributed by atoms with Gasteiger partial charge in [-0.25, -0.2) is 13.4 Å². The molecule has 1 fully saturated rings. The third-order valence-electron chi connectivity index (χ3n) is 2.91. The van der Waals surface area contributed by atoms with Crippen molar-refractivity contribution in [3.05, 3.63) is 5.82 Å². The van der Waals surface area contributed by atoms with Crippen LogP contribution in [0.15, 0.2) is 5.16 Å². The summed E-state index contributed by atoms with van der Waals surface area (Å²) in [5.41, 5.74) is 0. The van der Waals surface area contributed by atoms with Crippen molar-refractivity contribution in [2.45, 2.75) is 37.3 Å². The minimum Gasteiger partial charge on any atom is -0.262 e. The highest BCUT2D eigenvalue weighted by Gasteiger charge is 2.29. The maximum absolute atomic E-state index is 11.0. The first-order valence-electron chi connectivity index (χ1n) is 4.85. The fourth-order valence-electron chi connectivity index (χ4n) is 2.08. The van der Waals surface area contributed by atoms with E-state index in [4.69, 9.17) is 10.7 Å². The van der Waals surface area contributed by atoms with Crippen molar-refractivity contribution in [1.29, 1.82) is 0 Å². The Labute approximate surface area is 92.7 Å². The zero-order valence-electron chi connectivity index (χ0n) is 8.27. The molecule has 0 aliphatic heterocycles. The van der Waals surface area contributed by atoms with Crippen LogP contribution < -0.4 is 0 Å². The van der Waals surface area contributed by atoms with E-state index in [2.05, 4.69) is 22.1 Å². The van der Waals surface area contributed by atoms with E-state index in [1.807, 2.05) is 0 Å². The van der Waals surface area contributed by atoms with Crippen molar-refractivity contribution in [3.63, 3.8) is 0 Å². The summed E-state index contributed by atoms with van der Waals surface area (Å²) in [6, 6.07) is 0. The molecule has 0 amide bonds. The lowest BCUT2D eigenvalue weighted by molar-refractivity contribution is 0.510. The number of aromatic amines is 1. The third-order valence-corrected chi connectivity index (χ3v) is 3.95. The molecule has 0 radical (unpaired) electrons. The van der Waals surface area contributed by atoms with E-state index >= 15 is 0 Å². The minimum absolute atomic E-state index is 0.282. The Morgan fingerprint density at radius 1 is 1.47 bits per heavy atom. The standard InChI is InChI=1S/C8H12ClN3O2S/c1-5-3-2-4-6(5)7-10-8(12-11-7)15(9,13)14/h5-6H,2-4H2,1H3,(H,10,11,12). The Kier molecular flexibility index (Phi) is 2.72. The van der Waals surface area contributed by atoms with Gasteiger partial charge in [-0.05, 0) is 18.8 Å². The topological polar surface area (TPSA) is 75.7 Å². The normalized spacial score (nSPS) is 27.1. The van der Waals surface area contributed by atoms with Gasteiger partial charge < -0.3 is 0 Å². The summed E-state index contributed by atoms with van der Waals surface area (Å²) in [7, 11) is 1.33. The lowest BCUT2D eigenvalue weighted by atomic mass is 9.98. The van der Waals surface area contributed by atoms with Crippen molar-refractivity contribution < 1.29 is 8.42 Å². The minimum atomic E-state index is -3.81. The van der Waals surface area contributed by atoms with E-state index in [-0.39, 0.29) is 11.1 Å². The molecule has 5 nitrogen and oxygen atoms in total. The van der Waals surface area contributed by atoms with Gasteiger partial charge in [-0.2, -0.15) is 0 Å². The third kappa shape index (κ3) is 2.15. The van der Waals surface area contributed by atoms with Gasteiger partial charge in [-0.15, -0.1) is 5.10 Å². The number of nitrogens with one attached hydrogen (secondary N) is 1. The lowest BCUT2D eigenvalue weighted by Gasteiger charge is -2.10. The SMILES string of the molecule is CC1CCCC1c1nc(S(=O)(=O)Cl)n[nH]1. The molecule has 1 N–H and O–H groups in total. The van der Waals surface area contributed by atoms with Crippen LogP contribution in [0.4, 0.5) is 0 Å². The highest BCUT2D eigenvalue weighted by atomic mass is 35.7. The number of rotatable bonds is 2. The van der Waals surface area contributed by atoms with Gasteiger partial charge >= 0.3 is 0 Å². The Hall–Kier alpha value is -0.620. The van der Waals surface area contributed by atoms with E-state index in [1.165, 1.54) is 0 Å². The van der Waals surface area contributed by atoms with E-state index in [1.54, 1.807) is 0 Å². The number of hydrogen-bond donors (Lipinski definition) is 1. The monoisotopic (exact) mass is 249 g/mol. The van der Waals surface area contributed by atoms with Crippen molar-refractivity contribution in [2.24, 2.45) is 5.92 Å². The number of nitrogens with zero attached hydrogens (tertiary/aromatic N) is 2. The highest BCUT2D eigenvalue weighted by Crippen LogP contribution is 2.37. The van der Waals surface area contributed by atoms with E-state index in [0.717, 1.165) is 19.3 Å². The molecule has 1 aliphatic carbocycles. The Bertz CT molecular complexity index is 456. The van der Waals surface area contributed by atoms with Crippen molar-refractivity contribution in [3.8, 4) is 0 Å². The van der Waals surface area contributed by atoms with E-state index < -0.39 is 9.05 Å². The number of halogens is 1. The summed E-state index contributed by atoms with van der Waals surface area (Å²) in [4.78, 5) is 3.93. The van der Waals surface area contributed by atoms with Crippen molar-refractivity contribution in [1.82, 2.24) is 15.2 Å². The van der Waals surface area contributed by atoms with Crippen LogP contribution in [0.2, 0.25) is 0 Å². The average molecular weight is 250 g/mol. The molecule has 0 saturated heterocycles. The molecule has 1 aliphatic rings. The Morgan fingerprint density at radius 3 is 2.67 bits per heavy atom. The van der Waals surface area contributed by atoms with Crippen LogP contribution in [0.3, 0.4) is 0 Å². The molecule has 2 unspecified atom stereocenters. The van der Waals surface area contributed by atoms with Gasteiger partial charge in [-0.3, -0.25) is 5.10 Å². The molecule has 1 aromatic heterocycles. The second kappa shape index (κ2) is 3.75. The highest BCUT2D eigenvalue weighted by molar-refractivity contribution is 8.13. The largest absolute Gasteiger partial charge is 0.298 e. The van der Waals surface area contributed by atoms with Crippen LogP contribution in [0.25, 0.3) is 0 Å². The molecule has 1 heterocycles. The molecule has 84 valence electrons. The van der Waals surface area contributed by atoms with Crippen LogP contribution in [0.1, 0.15) is 37.9 Å². The fourth-order valence-corrected chi connectivity index (χ4v) is 2.65. The zero-order valence-corrected chi connectivity index (χ0v) is 9.85. The lowest BCUT2D eigenvalue weighted by Crippen LogP contribution is -2.04. The van der Waals surface area contributed by atoms with Crippen LogP contribution >= 0.6 is 10.7 Å². The summed E-state index contributed by atoms with van der Waals surface area (Å²) in [5.74, 6) is 1.44. The Balaban J connectivity index is 2.28. The molecule has 2 atom stereocenters. The molecule has 2 rings (SSSR count). The maximum atomic E-state index is 11.0. The van der Waals surface area contributed by atoms with Gasteiger partial charge in [0.15, 0.2) is 0 Å². The van der Waals surface area contributed by atoms with E-state index in [0.29, 0.717) is 11.7 Å². The van der Waals surface area contributed by atoms with Crippen molar-refractivity contribution in [2.75, 3.05) is 0 Å². The second-order valence-electron chi connectivity index (χ2n) is 3.96. The van der Waals surface area contributed by atoms with Gasteiger partial charge in [0.05, 0.1) is 0 Å². The molecule has 7 heteroatoms. The van der Waals surface area contributed by atoms with Crippen LogP contribution in [-0.4, -0.2) is 23.6 Å². The predicted molar refractivity (Wildman–Crippen MR) is 55.2 cm³/mol. The summed E-state index contributed by atoms with van der Waals surface area (Å²) in [6.45, 7) is 2.13. The average Bonchev–Trinajstić information content (AvgIpc) is 2.69. The molecule has 0 aromatic carbocycles. The van der Waals surface area contributed by atoms with Gasteiger partial charge in [-0.1, -0.05) is 13.3 Å². The first-order valence-corrected chi connectivity index (χ1v) is 7.16.